The van der Waals surface area contributed by atoms with Crippen LogP contribution in [0, 0.1) is 5.92 Å². The lowest BCUT2D eigenvalue weighted by Crippen LogP contribution is -2.18. The largest absolute Gasteiger partial charge is 0.310 e. The van der Waals surface area contributed by atoms with E-state index in [2.05, 4.69) is 59.7 Å². The number of hydrogen-bond donors (Lipinski definition) is 1. The van der Waals surface area contributed by atoms with E-state index in [-0.39, 0.29) is 0 Å². The van der Waals surface area contributed by atoms with Gasteiger partial charge in [0.15, 0.2) is 5.01 Å². The van der Waals surface area contributed by atoms with Crippen molar-refractivity contribution in [3.63, 3.8) is 0 Å². The van der Waals surface area contributed by atoms with E-state index in [9.17, 15) is 0 Å². The molecule has 0 saturated carbocycles. The third-order valence-electron chi connectivity index (χ3n) is 2.93. The van der Waals surface area contributed by atoms with E-state index in [1.165, 1.54) is 15.0 Å². The summed E-state index contributed by atoms with van der Waals surface area (Å²) in [7, 11) is 0. The van der Waals surface area contributed by atoms with Gasteiger partial charge in [-0.3, -0.25) is 0 Å². The Labute approximate surface area is 126 Å². The number of fused-ring (bicyclic) bond motifs is 1. The van der Waals surface area contributed by atoms with Gasteiger partial charge in [-0.1, -0.05) is 43.4 Å². The fourth-order valence-corrected chi connectivity index (χ4v) is 3.89. The van der Waals surface area contributed by atoms with Crippen LogP contribution in [0.4, 0.5) is 0 Å². The highest BCUT2D eigenvalue weighted by atomic mass is 32.1. The molecular formula is C15H17N3S2. The van der Waals surface area contributed by atoms with Crippen molar-refractivity contribution in [2.24, 2.45) is 5.92 Å². The van der Waals surface area contributed by atoms with E-state index in [0.717, 1.165) is 23.1 Å². The molecular weight excluding hydrogens is 286 g/mol. The maximum absolute atomic E-state index is 4.32. The van der Waals surface area contributed by atoms with Crippen LogP contribution in [0.3, 0.4) is 0 Å². The number of hydrogen-bond acceptors (Lipinski definition) is 5. The van der Waals surface area contributed by atoms with Gasteiger partial charge in [-0.05, 0) is 30.0 Å². The molecule has 3 nitrogen and oxygen atoms in total. The second-order valence-electron chi connectivity index (χ2n) is 5.17. The van der Waals surface area contributed by atoms with Crippen molar-refractivity contribution in [2.75, 3.05) is 6.54 Å². The zero-order chi connectivity index (χ0) is 13.9. The molecule has 104 valence electrons. The Morgan fingerprint density at radius 2 is 2.00 bits per heavy atom. The number of nitrogens with zero attached hydrogens (tertiary/aromatic N) is 2. The summed E-state index contributed by atoms with van der Waals surface area (Å²) in [5.41, 5.74) is 0. The van der Waals surface area contributed by atoms with Crippen LogP contribution < -0.4 is 5.32 Å². The Kier molecular flexibility index (Phi) is 4.10. The standard InChI is InChI=1S/C15H17N3S2/c1-10(2)8-16-9-14-17-18-15(20-14)13-7-11-5-3-4-6-12(11)19-13/h3-7,10,16H,8-9H2,1-2H3. The van der Waals surface area contributed by atoms with Crippen LogP contribution >= 0.6 is 22.7 Å². The second kappa shape index (κ2) is 5.99. The van der Waals surface area contributed by atoms with Crippen molar-refractivity contribution in [1.82, 2.24) is 15.5 Å². The number of aromatic nitrogens is 2. The summed E-state index contributed by atoms with van der Waals surface area (Å²) in [6.45, 7) is 6.23. The Morgan fingerprint density at radius 1 is 1.15 bits per heavy atom. The van der Waals surface area contributed by atoms with Gasteiger partial charge in [0.05, 0.1) is 4.88 Å². The molecule has 2 aromatic heterocycles. The molecule has 3 aromatic rings. The molecule has 0 saturated heterocycles. The van der Waals surface area contributed by atoms with Crippen LogP contribution in [0.5, 0.6) is 0 Å². The molecule has 0 bridgehead atoms. The lowest BCUT2D eigenvalue weighted by atomic mass is 10.2. The second-order valence-corrected chi connectivity index (χ2v) is 7.32. The highest BCUT2D eigenvalue weighted by Gasteiger charge is 2.10. The summed E-state index contributed by atoms with van der Waals surface area (Å²) in [6.07, 6.45) is 0. The van der Waals surface area contributed by atoms with Crippen molar-refractivity contribution in [3.05, 3.63) is 35.3 Å². The molecule has 2 heterocycles. The van der Waals surface area contributed by atoms with Crippen LogP contribution in [0.15, 0.2) is 30.3 Å². The first-order valence-corrected chi connectivity index (χ1v) is 8.38. The molecule has 5 heteroatoms. The van der Waals surface area contributed by atoms with Gasteiger partial charge >= 0.3 is 0 Å². The minimum atomic E-state index is 0.657. The number of rotatable bonds is 5. The lowest BCUT2D eigenvalue weighted by Gasteiger charge is -2.03. The number of thiophene rings is 1. The molecule has 0 aliphatic heterocycles. The topological polar surface area (TPSA) is 37.8 Å². The summed E-state index contributed by atoms with van der Waals surface area (Å²) < 4.78 is 1.30. The van der Waals surface area contributed by atoms with Gasteiger partial charge in [0.25, 0.3) is 0 Å². The maximum Gasteiger partial charge on any atom is 0.157 e. The van der Waals surface area contributed by atoms with E-state index in [0.29, 0.717) is 5.92 Å². The molecule has 0 fully saturated rings. The normalized spacial score (nSPS) is 11.6. The van der Waals surface area contributed by atoms with Gasteiger partial charge in [-0.15, -0.1) is 21.5 Å². The predicted molar refractivity (Wildman–Crippen MR) is 87.3 cm³/mol. The van der Waals surface area contributed by atoms with E-state index in [1.807, 2.05) is 0 Å². The summed E-state index contributed by atoms with van der Waals surface area (Å²) in [5.74, 6) is 0.657. The summed E-state index contributed by atoms with van der Waals surface area (Å²) >= 11 is 3.46. The minimum Gasteiger partial charge on any atom is -0.310 e. The Balaban J connectivity index is 1.75. The van der Waals surface area contributed by atoms with Crippen molar-refractivity contribution >= 4 is 32.8 Å². The number of nitrogens with one attached hydrogen (secondary N) is 1. The first kappa shape index (κ1) is 13.7. The van der Waals surface area contributed by atoms with Gasteiger partial charge in [0, 0.05) is 11.2 Å². The molecule has 0 aliphatic carbocycles. The average Bonchev–Trinajstić information content (AvgIpc) is 3.03. The van der Waals surface area contributed by atoms with Crippen LogP contribution in [0.25, 0.3) is 20.0 Å². The fourth-order valence-electron chi connectivity index (χ4n) is 1.98. The Hall–Kier alpha value is -1.30. The molecule has 0 unspecified atom stereocenters. The van der Waals surface area contributed by atoms with Crippen LogP contribution in [0.1, 0.15) is 18.9 Å². The lowest BCUT2D eigenvalue weighted by molar-refractivity contribution is 0.550. The molecule has 1 N–H and O–H groups in total. The molecule has 20 heavy (non-hydrogen) atoms. The van der Waals surface area contributed by atoms with E-state index < -0.39 is 0 Å². The van der Waals surface area contributed by atoms with Crippen molar-refractivity contribution < 1.29 is 0 Å². The highest BCUT2D eigenvalue weighted by molar-refractivity contribution is 7.25. The third kappa shape index (κ3) is 3.06. The number of benzene rings is 1. The predicted octanol–water partition coefficient (Wildman–Crippen LogP) is 4.17. The highest BCUT2D eigenvalue weighted by Crippen LogP contribution is 2.34. The van der Waals surface area contributed by atoms with Crippen molar-refractivity contribution in [3.8, 4) is 9.88 Å². The zero-order valence-electron chi connectivity index (χ0n) is 11.6. The van der Waals surface area contributed by atoms with E-state index >= 15 is 0 Å². The van der Waals surface area contributed by atoms with Crippen LogP contribution in [-0.2, 0) is 6.54 Å². The zero-order valence-corrected chi connectivity index (χ0v) is 13.2. The van der Waals surface area contributed by atoms with Gasteiger partial charge in [0.1, 0.15) is 5.01 Å². The van der Waals surface area contributed by atoms with Crippen molar-refractivity contribution in [1.29, 1.82) is 0 Å². The SMILES string of the molecule is CC(C)CNCc1nnc(-c2cc3ccccc3s2)s1. The Morgan fingerprint density at radius 3 is 2.80 bits per heavy atom. The van der Waals surface area contributed by atoms with Crippen LogP contribution in [0.2, 0.25) is 0 Å². The molecule has 0 radical (unpaired) electrons. The molecule has 0 aliphatic rings. The first-order valence-electron chi connectivity index (χ1n) is 6.74. The quantitative estimate of drug-likeness (QED) is 0.769. The molecule has 3 rings (SSSR count). The van der Waals surface area contributed by atoms with E-state index in [1.54, 1.807) is 22.7 Å². The fraction of sp³-hybridized carbons (Fsp3) is 0.333. The van der Waals surface area contributed by atoms with Crippen molar-refractivity contribution in [2.45, 2.75) is 20.4 Å². The molecule has 1 aromatic carbocycles. The monoisotopic (exact) mass is 303 g/mol. The molecule has 0 atom stereocenters. The Bertz CT molecular complexity index is 667. The summed E-state index contributed by atoms with van der Waals surface area (Å²) in [5, 5.41) is 15.3. The van der Waals surface area contributed by atoms with Gasteiger partial charge in [0.2, 0.25) is 0 Å². The van der Waals surface area contributed by atoms with E-state index in [4.69, 9.17) is 0 Å². The average molecular weight is 303 g/mol. The minimum absolute atomic E-state index is 0.657. The summed E-state index contributed by atoms with van der Waals surface area (Å²) in [6, 6.07) is 10.6. The van der Waals surface area contributed by atoms with Gasteiger partial charge < -0.3 is 5.32 Å². The van der Waals surface area contributed by atoms with Crippen LogP contribution in [-0.4, -0.2) is 16.7 Å². The summed E-state index contributed by atoms with van der Waals surface area (Å²) in [4.78, 5) is 1.21. The molecule has 0 amide bonds. The maximum atomic E-state index is 4.32. The third-order valence-corrected chi connectivity index (χ3v) is 5.14. The molecule has 0 spiro atoms. The first-order chi connectivity index (χ1) is 9.72. The smallest absolute Gasteiger partial charge is 0.157 e. The van der Waals surface area contributed by atoms with Gasteiger partial charge in [-0.2, -0.15) is 0 Å². The van der Waals surface area contributed by atoms with Gasteiger partial charge in [-0.25, -0.2) is 0 Å².